The lowest BCUT2D eigenvalue weighted by Gasteiger charge is -2.31. The Bertz CT molecular complexity index is 201. The molecule has 2 atom stereocenters. The number of likely N-dealkylation sites (tertiary alicyclic amines) is 1. The fraction of sp³-hybridized carbons (Fsp3) is 1.00. The van der Waals surface area contributed by atoms with Gasteiger partial charge in [0.15, 0.2) is 0 Å². The summed E-state index contributed by atoms with van der Waals surface area (Å²) < 4.78 is 0. The van der Waals surface area contributed by atoms with Crippen LogP contribution >= 0.6 is 0 Å². The standard InChI is InChI=1S/C16H32N2/c1-15(16-8-7-10-17-14-16)9-13-18-11-5-3-2-4-6-12-18/h15-17H,2-14H2,1H3. The molecule has 0 aromatic carbocycles. The van der Waals surface area contributed by atoms with Crippen molar-refractivity contribution in [2.75, 3.05) is 32.7 Å². The lowest BCUT2D eigenvalue weighted by molar-refractivity contribution is 0.201. The van der Waals surface area contributed by atoms with Crippen LogP contribution in [0.1, 0.15) is 58.3 Å². The minimum absolute atomic E-state index is 0.906. The van der Waals surface area contributed by atoms with E-state index in [2.05, 4.69) is 17.1 Å². The van der Waals surface area contributed by atoms with Crippen molar-refractivity contribution in [3.63, 3.8) is 0 Å². The molecule has 2 rings (SSSR count). The normalized spacial score (nSPS) is 29.5. The summed E-state index contributed by atoms with van der Waals surface area (Å²) in [5.74, 6) is 1.84. The van der Waals surface area contributed by atoms with Gasteiger partial charge in [-0.3, -0.25) is 0 Å². The molecule has 2 aliphatic rings. The van der Waals surface area contributed by atoms with Crippen molar-refractivity contribution in [1.82, 2.24) is 10.2 Å². The average Bonchev–Trinajstić information content (AvgIpc) is 2.38. The van der Waals surface area contributed by atoms with E-state index < -0.39 is 0 Å². The van der Waals surface area contributed by atoms with E-state index in [1.54, 1.807) is 0 Å². The number of hydrogen-bond acceptors (Lipinski definition) is 2. The minimum Gasteiger partial charge on any atom is -0.316 e. The van der Waals surface area contributed by atoms with Crippen molar-refractivity contribution in [1.29, 1.82) is 0 Å². The fourth-order valence-electron chi connectivity index (χ4n) is 3.52. The van der Waals surface area contributed by atoms with Crippen molar-refractivity contribution in [2.45, 2.75) is 58.3 Å². The van der Waals surface area contributed by atoms with Gasteiger partial charge < -0.3 is 10.2 Å². The maximum Gasteiger partial charge on any atom is -0.00161 e. The van der Waals surface area contributed by atoms with E-state index in [1.807, 2.05) is 0 Å². The molecule has 18 heavy (non-hydrogen) atoms. The Labute approximate surface area is 114 Å². The number of nitrogens with one attached hydrogen (secondary N) is 1. The molecular formula is C16H32N2. The maximum absolute atomic E-state index is 3.56. The molecule has 2 aliphatic heterocycles. The summed E-state index contributed by atoms with van der Waals surface area (Å²) >= 11 is 0. The molecule has 0 aromatic rings. The quantitative estimate of drug-likeness (QED) is 0.826. The monoisotopic (exact) mass is 252 g/mol. The van der Waals surface area contributed by atoms with E-state index >= 15 is 0 Å². The Hall–Kier alpha value is -0.0800. The zero-order valence-electron chi connectivity index (χ0n) is 12.3. The summed E-state index contributed by atoms with van der Waals surface area (Å²) in [6.45, 7) is 9.04. The van der Waals surface area contributed by atoms with E-state index in [1.165, 1.54) is 84.1 Å². The Kier molecular flexibility index (Phi) is 6.50. The van der Waals surface area contributed by atoms with Gasteiger partial charge in [-0.25, -0.2) is 0 Å². The van der Waals surface area contributed by atoms with Crippen molar-refractivity contribution in [2.24, 2.45) is 11.8 Å². The first-order valence-corrected chi connectivity index (χ1v) is 8.29. The molecule has 0 amide bonds. The zero-order valence-corrected chi connectivity index (χ0v) is 12.3. The van der Waals surface area contributed by atoms with Crippen LogP contribution in [-0.4, -0.2) is 37.6 Å². The summed E-state index contributed by atoms with van der Waals surface area (Å²) in [6, 6.07) is 0. The van der Waals surface area contributed by atoms with Gasteiger partial charge in [0.2, 0.25) is 0 Å². The summed E-state index contributed by atoms with van der Waals surface area (Å²) in [7, 11) is 0. The minimum atomic E-state index is 0.906. The van der Waals surface area contributed by atoms with E-state index in [9.17, 15) is 0 Å². The number of rotatable bonds is 4. The van der Waals surface area contributed by atoms with E-state index in [0.717, 1.165) is 11.8 Å². The highest BCUT2D eigenvalue weighted by atomic mass is 15.1. The van der Waals surface area contributed by atoms with Gasteiger partial charge in [-0.15, -0.1) is 0 Å². The second-order valence-corrected chi connectivity index (χ2v) is 6.48. The number of hydrogen-bond donors (Lipinski definition) is 1. The smallest absolute Gasteiger partial charge is 0.00161 e. The van der Waals surface area contributed by atoms with E-state index in [4.69, 9.17) is 0 Å². The number of piperidine rings is 1. The Morgan fingerprint density at radius 2 is 1.78 bits per heavy atom. The topological polar surface area (TPSA) is 15.3 Å². The molecule has 1 N–H and O–H groups in total. The van der Waals surface area contributed by atoms with Crippen LogP contribution in [0.5, 0.6) is 0 Å². The SMILES string of the molecule is CC(CCN1CCCCCCC1)C1CCCNC1. The van der Waals surface area contributed by atoms with Crippen molar-refractivity contribution in [3.05, 3.63) is 0 Å². The van der Waals surface area contributed by atoms with Gasteiger partial charge in [0.05, 0.1) is 0 Å². The first-order chi connectivity index (χ1) is 8.86. The third kappa shape index (κ3) is 4.89. The molecule has 2 saturated heterocycles. The molecule has 2 nitrogen and oxygen atoms in total. The first kappa shape index (κ1) is 14.3. The predicted octanol–water partition coefficient (Wildman–Crippen LogP) is 3.28. The van der Waals surface area contributed by atoms with Crippen LogP contribution in [0.2, 0.25) is 0 Å². The second-order valence-electron chi connectivity index (χ2n) is 6.48. The molecule has 0 bridgehead atoms. The molecule has 2 fully saturated rings. The summed E-state index contributed by atoms with van der Waals surface area (Å²) in [5.41, 5.74) is 0. The Morgan fingerprint density at radius 3 is 2.44 bits per heavy atom. The fourth-order valence-corrected chi connectivity index (χ4v) is 3.52. The third-order valence-corrected chi connectivity index (χ3v) is 4.99. The van der Waals surface area contributed by atoms with Crippen LogP contribution in [0.15, 0.2) is 0 Å². The third-order valence-electron chi connectivity index (χ3n) is 4.99. The maximum atomic E-state index is 3.56. The van der Waals surface area contributed by atoms with Gasteiger partial charge in [-0.2, -0.15) is 0 Å². The molecule has 0 aliphatic carbocycles. The van der Waals surface area contributed by atoms with Crippen molar-refractivity contribution >= 4 is 0 Å². The molecule has 0 saturated carbocycles. The van der Waals surface area contributed by atoms with Gasteiger partial charge in [-0.1, -0.05) is 26.2 Å². The molecule has 106 valence electrons. The van der Waals surface area contributed by atoms with Gasteiger partial charge >= 0.3 is 0 Å². The lowest BCUT2D eigenvalue weighted by atomic mass is 9.85. The summed E-state index contributed by atoms with van der Waals surface area (Å²) in [4.78, 5) is 2.73. The lowest BCUT2D eigenvalue weighted by Crippen LogP contribution is -2.35. The van der Waals surface area contributed by atoms with Crippen LogP contribution in [0.3, 0.4) is 0 Å². The average molecular weight is 252 g/mol. The largest absolute Gasteiger partial charge is 0.316 e. The summed E-state index contributed by atoms with van der Waals surface area (Å²) in [6.07, 6.45) is 11.5. The van der Waals surface area contributed by atoms with Crippen molar-refractivity contribution < 1.29 is 0 Å². The Morgan fingerprint density at radius 1 is 1.06 bits per heavy atom. The van der Waals surface area contributed by atoms with Crippen LogP contribution < -0.4 is 5.32 Å². The summed E-state index contributed by atoms with van der Waals surface area (Å²) in [5, 5.41) is 3.56. The highest BCUT2D eigenvalue weighted by molar-refractivity contribution is 4.75. The van der Waals surface area contributed by atoms with Crippen LogP contribution in [0, 0.1) is 11.8 Å². The highest BCUT2D eigenvalue weighted by Crippen LogP contribution is 2.23. The van der Waals surface area contributed by atoms with Crippen molar-refractivity contribution in [3.8, 4) is 0 Å². The van der Waals surface area contributed by atoms with Gasteiger partial charge in [-0.05, 0) is 76.7 Å². The number of nitrogens with zero attached hydrogens (tertiary/aromatic N) is 1. The molecular weight excluding hydrogens is 220 g/mol. The highest BCUT2D eigenvalue weighted by Gasteiger charge is 2.20. The zero-order chi connectivity index (χ0) is 12.6. The van der Waals surface area contributed by atoms with Crippen LogP contribution in [-0.2, 0) is 0 Å². The molecule has 0 spiro atoms. The van der Waals surface area contributed by atoms with Gasteiger partial charge in [0, 0.05) is 0 Å². The molecule has 0 aromatic heterocycles. The molecule has 2 unspecified atom stereocenters. The second kappa shape index (κ2) is 8.16. The van der Waals surface area contributed by atoms with E-state index in [0.29, 0.717) is 0 Å². The van der Waals surface area contributed by atoms with Gasteiger partial charge in [0.1, 0.15) is 0 Å². The first-order valence-electron chi connectivity index (χ1n) is 8.29. The molecule has 2 heterocycles. The van der Waals surface area contributed by atoms with Gasteiger partial charge in [0.25, 0.3) is 0 Å². The molecule has 0 radical (unpaired) electrons. The Balaban J connectivity index is 1.65. The van der Waals surface area contributed by atoms with Crippen LogP contribution in [0.4, 0.5) is 0 Å². The molecule has 2 heteroatoms. The van der Waals surface area contributed by atoms with Crippen LogP contribution in [0.25, 0.3) is 0 Å². The predicted molar refractivity (Wildman–Crippen MR) is 78.9 cm³/mol. The van der Waals surface area contributed by atoms with E-state index in [-0.39, 0.29) is 0 Å².